The average molecular weight is 603 g/mol. The highest BCUT2D eigenvalue weighted by Crippen LogP contribution is 2.56. The molecule has 0 saturated carbocycles. The summed E-state index contributed by atoms with van der Waals surface area (Å²) >= 11 is 0. The number of carbonyl (C=O) groups is 1. The van der Waals surface area contributed by atoms with Crippen LogP contribution in [0.3, 0.4) is 0 Å². The molecule has 1 aromatic carbocycles. The summed E-state index contributed by atoms with van der Waals surface area (Å²) in [7, 11) is -5.31. The van der Waals surface area contributed by atoms with Crippen molar-refractivity contribution in [3.8, 4) is 0 Å². The summed E-state index contributed by atoms with van der Waals surface area (Å²) in [6, 6.07) is 9.50. The minimum atomic E-state index is -2.90. The molecule has 2 aliphatic rings. The molecular weight excluding hydrogens is 557 g/mol. The summed E-state index contributed by atoms with van der Waals surface area (Å²) in [5.74, 6) is -0.696. The molecule has 0 unspecified atom stereocenters. The number of carbonyl (C=O) groups excluding carboxylic acids is 1. The van der Waals surface area contributed by atoms with Gasteiger partial charge in [0, 0.05) is 27.9 Å². The van der Waals surface area contributed by atoms with Gasteiger partial charge in [0.2, 0.25) is 0 Å². The fourth-order valence-corrected chi connectivity index (χ4v) is 12.0. The predicted octanol–water partition coefficient (Wildman–Crippen LogP) is 5.44. The van der Waals surface area contributed by atoms with Gasteiger partial charge in [-0.15, -0.1) is 0 Å². The SMILES string of the molecule is CC(C)(C)[Si](C)(C)O[C@@H]1[C@@H]2O[Si](C(C)(C)C)(C(C)(C)C)OC[C@H]2O[C@H]1n1ccc(=O)n(C(=O)c2ccccc2)c1=O. The lowest BCUT2D eigenvalue weighted by Gasteiger charge is -2.54. The average Bonchev–Trinajstić information content (AvgIpc) is 3.19. The Bertz CT molecular complexity index is 1380. The molecule has 0 bridgehead atoms. The van der Waals surface area contributed by atoms with Crippen LogP contribution >= 0.6 is 0 Å². The minimum absolute atomic E-state index is 0.129. The van der Waals surface area contributed by atoms with E-state index in [9.17, 15) is 14.4 Å². The molecule has 1 aromatic heterocycles. The highest BCUT2D eigenvalue weighted by atomic mass is 28.4. The van der Waals surface area contributed by atoms with E-state index in [2.05, 4.69) is 75.4 Å². The van der Waals surface area contributed by atoms with Crippen molar-refractivity contribution in [3.05, 3.63) is 69.0 Å². The van der Waals surface area contributed by atoms with Crippen LogP contribution in [0.15, 0.2) is 52.2 Å². The van der Waals surface area contributed by atoms with E-state index in [0.717, 1.165) is 0 Å². The van der Waals surface area contributed by atoms with E-state index in [4.69, 9.17) is 18.0 Å². The van der Waals surface area contributed by atoms with Gasteiger partial charge in [0.05, 0.1) is 6.61 Å². The highest BCUT2D eigenvalue weighted by molar-refractivity contribution is 6.74. The van der Waals surface area contributed by atoms with Gasteiger partial charge in [0.15, 0.2) is 14.5 Å². The number of hydrogen-bond donors (Lipinski definition) is 0. The van der Waals surface area contributed by atoms with E-state index in [1.165, 1.54) is 16.8 Å². The van der Waals surface area contributed by atoms with Gasteiger partial charge in [0.1, 0.15) is 18.3 Å². The van der Waals surface area contributed by atoms with Gasteiger partial charge in [-0.25, -0.2) is 4.79 Å². The summed E-state index contributed by atoms with van der Waals surface area (Å²) in [4.78, 5) is 40.0. The lowest BCUT2D eigenvalue weighted by molar-refractivity contribution is -0.0810. The fraction of sp³-hybridized carbons (Fsp3) is 0.633. The molecule has 0 radical (unpaired) electrons. The molecule has 0 amide bonds. The van der Waals surface area contributed by atoms with Crippen LogP contribution in [0.4, 0.5) is 0 Å². The summed E-state index contributed by atoms with van der Waals surface area (Å²) in [6.45, 7) is 24.0. The van der Waals surface area contributed by atoms with Crippen LogP contribution in [-0.4, -0.2) is 56.8 Å². The van der Waals surface area contributed by atoms with E-state index in [1.807, 2.05) is 0 Å². The second-order valence-electron chi connectivity index (χ2n) is 14.8. The number of fused-ring (bicyclic) bond motifs is 1. The van der Waals surface area contributed by atoms with E-state index in [1.54, 1.807) is 30.3 Å². The molecule has 3 heterocycles. The molecule has 11 heteroatoms. The second-order valence-corrected chi connectivity index (χ2v) is 24.3. The van der Waals surface area contributed by atoms with Crippen molar-refractivity contribution >= 4 is 22.8 Å². The fourth-order valence-electron chi connectivity index (χ4n) is 5.77. The molecule has 0 spiro atoms. The van der Waals surface area contributed by atoms with Crippen molar-refractivity contribution in [1.29, 1.82) is 0 Å². The Morgan fingerprint density at radius 3 is 2.07 bits per heavy atom. The van der Waals surface area contributed by atoms with Gasteiger partial charge < -0.3 is 18.0 Å². The largest absolute Gasteiger partial charge is 0.407 e. The minimum Gasteiger partial charge on any atom is -0.407 e. The molecule has 2 aliphatic heterocycles. The molecule has 4 atom stereocenters. The maximum atomic E-state index is 13.9. The third kappa shape index (κ3) is 5.52. The van der Waals surface area contributed by atoms with Crippen molar-refractivity contribution in [3.63, 3.8) is 0 Å². The van der Waals surface area contributed by atoms with Crippen LogP contribution in [0.25, 0.3) is 0 Å². The Balaban J connectivity index is 1.85. The van der Waals surface area contributed by atoms with Crippen LogP contribution in [-0.2, 0) is 18.0 Å². The molecule has 9 nitrogen and oxygen atoms in total. The Morgan fingerprint density at radius 2 is 1.54 bits per heavy atom. The number of ether oxygens (including phenoxy) is 1. The molecule has 4 rings (SSSR count). The Hall–Kier alpha value is -2.16. The van der Waals surface area contributed by atoms with Crippen molar-refractivity contribution in [2.75, 3.05) is 6.61 Å². The van der Waals surface area contributed by atoms with Crippen LogP contribution in [0.1, 0.15) is 78.9 Å². The summed E-state index contributed by atoms with van der Waals surface area (Å²) in [6.07, 6.45) is -1.17. The maximum Gasteiger partial charge on any atom is 0.349 e. The summed E-state index contributed by atoms with van der Waals surface area (Å²) < 4.78 is 29.2. The van der Waals surface area contributed by atoms with Crippen molar-refractivity contribution < 1.29 is 22.8 Å². The molecule has 2 saturated heterocycles. The first-order chi connectivity index (χ1) is 18.7. The molecule has 2 aromatic rings. The van der Waals surface area contributed by atoms with Gasteiger partial charge in [-0.3, -0.25) is 14.2 Å². The quantitative estimate of drug-likeness (QED) is 0.430. The standard InChI is InChI=1S/C30H46N2O7Si2/c1-28(2,3)40(10,11)38-24-23-21(19-36-41(39-23,29(4,5)6)30(7,8)9)37-26(24)31-18-17-22(33)32(27(31)35)25(34)20-15-13-12-14-16-20/h12-18,21,23-24,26H,19H2,1-11H3/t21-,23-,24-,26-/m1/s1. The van der Waals surface area contributed by atoms with Gasteiger partial charge in [0.25, 0.3) is 11.5 Å². The van der Waals surface area contributed by atoms with Gasteiger partial charge in [-0.2, -0.15) is 4.57 Å². The predicted molar refractivity (Wildman–Crippen MR) is 163 cm³/mol. The molecular formula is C30H46N2O7Si2. The lowest BCUT2D eigenvalue weighted by Crippen LogP contribution is -2.66. The summed E-state index contributed by atoms with van der Waals surface area (Å²) in [5, 5.41) is -0.652. The molecule has 226 valence electrons. The zero-order valence-corrected chi connectivity index (χ0v) is 28.3. The van der Waals surface area contributed by atoms with Crippen LogP contribution in [0, 0.1) is 0 Å². The third-order valence-corrected chi connectivity index (χ3v) is 18.4. The van der Waals surface area contributed by atoms with Crippen LogP contribution in [0.5, 0.6) is 0 Å². The van der Waals surface area contributed by atoms with Gasteiger partial charge in [-0.1, -0.05) is 80.5 Å². The van der Waals surface area contributed by atoms with Crippen LogP contribution < -0.4 is 11.2 Å². The van der Waals surface area contributed by atoms with E-state index < -0.39 is 58.6 Å². The molecule has 0 N–H and O–H groups in total. The van der Waals surface area contributed by atoms with E-state index >= 15 is 0 Å². The number of aromatic nitrogens is 2. The third-order valence-electron chi connectivity index (χ3n) is 8.76. The molecule has 0 aliphatic carbocycles. The normalized spacial score (nSPS) is 25.1. The second kappa shape index (κ2) is 10.5. The first kappa shape index (κ1) is 31.8. The van der Waals surface area contributed by atoms with Gasteiger partial charge in [-0.05, 0) is 30.3 Å². The van der Waals surface area contributed by atoms with E-state index in [0.29, 0.717) is 11.2 Å². The van der Waals surface area contributed by atoms with Crippen LogP contribution in [0.2, 0.25) is 28.2 Å². The Morgan fingerprint density at radius 1 is 0.951 bits per heavy atom. The lowest BCUT2D eigenvalue weighted by atomic mass is 10.1. The smallest absolute Gasteiger partial charge is 0.349 e. The zero-order valence-electron chi connectivity index (χ0n) is 26.3. The monoisotopic (exact) mass is 602 g/mol. The first-order valence-electron chi connectivity index (χ1n) is 14.3. The zero-order chi connectivity index (χ0) is 30.8. The topological polar surface area (TPSA) is 98.0 Å². The van der Waals surface area contributed by atoms with Crippen molar-refractivity contribution in [2.45, 2.75) is 115 Å². The van der Waals surface area contributed by atoms with Crippen molar-refractivity contribution in [1.82, 2.24) is 9.13 Å². The molecule has 2 fully saturated rings. The van der Waals surface area contributed by atoms with Crippen molar-refractivity contribution in [2.24, 2.45) is 0 Å². The first-order valence-corrected chi connectivity index (χ1v) is 19.0. The number of rotatable bonds is 4. The number of benzene rings is 1. The highest BCUT2D eigenvalue weighted by Gasteiger charge is 2.66. The number of nitrogens with zero attached hydrogens (tertiary/aromatic N) is 2. The Labute approximate surface area is 245 Å². The maximum absolute atomic E-state index is 13.9. The Kier molecular flexibility index (Phi) is 8.16. The van der Waals surface area contributed by atoms with E-state index in [-0.39, 0.29) is 20.7 Å². The van der Waals surface area contributed by atoms with Gasteiger partial charge >= 0.3 is 14.3 Å². The molecule has 41 heavy (non-hydrogen) atoms. The number of hydrogen-bond acceptors (Lipinski definition) is 7. The summed E-state index contributed by atoms with van der Waals surface area (Å²) in [5.41, 5.74) is -1.25.